The van der Waals surface area contributed by atoms with Gasteiger partial charge >= 0.3 is 0 Å². The highest BCUT2D eigenvalue weighted by Crippen LogP contribution is 2.47. The van der Waals surface area contributed by atoms with Crippen molar-refractivity contribution >= 4 is 11.6 Å². The zero-order valence-electron chi connectivity index (χ0n) is 14.0. The Morgan fingerprint density at radius 2 is 1.68 bits per heavy atom. The number of benzene rings is 2. The third-order valence-corrected chi connectivity index (χ3v) is 5.04. The number of allylic oxidation sites excluding steroid dienone is 1. The van der Waals surface area contributed by atoms with Crippen LogP contribution >= 0.6 is 0 Å². The Kier molecular flexibility index (Phi) is 4.47. The first-order valence-corrected chi connectivity index (χ1v) is 8.65. The standard InChI is InChI=1S/C22H26/c1-4-10-17-11-6-8-13-19(17)21-15-18-12-7-9-14-20(18)22(21)16(3)5-2/h6-9,11-16,22H,4-5,10H2,1-3H3. The van der Waals surface area contributed by atoms with Gasteiger partial charge in [0.25, 0.3) is 0 Å². The number of aryl methyl sites for hydroxylation is 1. The summed E-state index contributed by atoms with van der Waals surface area (Å²) in [6.07, 6.45) is 6.01. The summed E-state index contributed by atoms with van der Waals surface area (Å²) < 4.78 is 0. The number of fused-ring (bicyclic) bond motifs is 1. The van der Waals surface area contributed by atoms with Crippen molar-refractivity contribution in [3.05, 3.63) is 70.8 Å². The summed E-state index contributed by atoms with van der Waals surface area (Å²) in [5.41, 5.74) is 7.41. The van der Waals surface area contributed by atoms with Crippen molar-refractivity contribution in [3.8, 4) is 0 Å². The minimum atomic E-state index is 0.541. The molecule has 0 N–H and O–H groups in total. The number of rotatable bonds is 5. The summed E-state index contributed by atoms with van der Waals surface area (Å²) >= 11 is 0. The normalized spacial score (nSPS) is 18.0. The molecule has 0 fully saturated rings. The van der Waals surface area contributed by atoms with Crippen LogP contribution in [0, 0.1) is 5.92 Å². The van der Waals surface area contributed by atoms with Crippen LogP contribution < -0.4 is 0 Å². The lowest BCUT2D eigenvalue weighted by Crippen LogP contribution is -2.10. The molecular weight excluding hydrogens is 264 g/mol. The molecule has 0 aliphatic heterocycles. The van der Waals surface area contributed by atoms with Gasteiger partial charge in [0.15, 0.2) is 0 Å². The highest BCUT2D eigenvalue weighted by Gasteiger charge is 2.30. The van der Waals surface area contributed by atoms with Crippen molar-refractivity contribution in [3.63, 3.8) is 0 Å². The first kappa shape index (κ1) is 15.1. The van der Waals surface area contributed by atoms with Crippen molar-refractivity contribution in [2.24, 2.45) is 5.92 Å². The second-order valence-electron chi connectivity index (χ2n) is 6.50. The predicted molar refractivity (Wildman–Crippen MR) is 96.9 cm³/mol. The molecule has 0 nitrogen and oxygen atoms in total. The van der Waals surface area contributed by atoms with Gasteiger partial charge in [-0.05, 0) is 40.2 Å². The molecule has 0 spiro atoms. The maximum atomic E-state index is 2.43. The Morgan fingerprint density at radius 1 is 0.955 bits per heavy atom. The van der Waals surface area contributed by atoms with Crippen LogP contribution in [0.15, 0.2) is 48.5 Å². The first-order chi connectivity index (χ1) is 10.8. The van der Waals surface area contributed by atoms with Gasteiger partial charge in [-0.2, -0.15) is 0 Å². The van der Waals surface area contributed by atoms with Gasteiger partial charge < -0.3 is 0 Å². The number of hydrogen-bond acceptors (Lipinski definition) is 0. The number of hydrogen-bond donors (Lipinski definition) is 0. The smallest absolute Gasteiger partial charge is 0.0127 e. The molecule has 1 aliphatic carbocycles. The molecule has 2 aromatic rings. The fourth-order valence-electron chi connectivity index (χ4n) is 3.73. The Morgan fingerprint density at radius 3 is 2.45 bits per heavy atom. The summed E-state index contributed by atoms with van der Waals surface area (Å²) in [4.78, 5) is 0. The van der Waals surface area contributed by atoms with Crippen LogP contribution in [0.1, 0.15) is 61.8 Å². The lowest BCUT2D eigenvalue weighted by molar-refractivity contribution is 0.520. The molecule has 2 aromatic carbocycles. The van der Waals surface area contributed by atoms with E-state index < -0.39 is 0 Å². The van der Waals surface area contributed by atoms with Crippen LogP contribution in [0.2, 0.25) is 0 Å². The molecule has 3 rings (SSSR count). The molecule has 2 atom stereocenters. The van der Waals surface area contributed by atoms with Gasteiger partial charge in [-0.3, -0.25) is 0 Å². The molecule has 0 aromatic heterocycles. The lowest BCUT2D eigenvalue weighted by Gasteiger charge is -2.24. The summed E-state index contributed by atoms with van der Waals surface area (Å²) in [7, 11) is 0. The van der Waals surface area contributed by atoms with E-state index in [2.05, 4.69) is 75.4 Å². The highest BCUT2D eigenvalue weighted by molar-refractivity contribution is 5.92. The van der Waals surface area contributed by atoms with Gasteiger partial charge in [0, 0.05) is 5.92 Å². The van der Waals surface area contributed by atoms with E-state index in [0.29, 0.717) is 11.8 Å². The zero-order chi connectivity index (χ0) is 15.5. The fraction of sp³-hybridized carbons (Fsp3) is 0.364. The van der Waals surface area contributed by atoms with Crippen LogP contribution in [-0.4, -0.2) is 0 Å². The van der Waals surface area contributed by atoms with Crippen LogP contribution in [0.5, 0.6) is 0 Å². The molecule has 0 saturated heterocycles. The summed E-state index contributed by atoms with van der Waals surface area (Å²) in [6.45, 7) is 6.96. The van der Waals surface area contributed by atoms with Crippen LogP contribution in [0.3, 0.4) is 0 Å². The second kappa shape index (κ2) is 6.52. The van der Waals surface area contributed by atoms with Crippen molar-refractivity contribution in [1.82, 2.24) is 0 Å². The lowest BCUT2D eigenvalue weighted by atomic mass is 9.79. The Labute approximate surface area is 134 Å². The van der Waals surface area contributed by atoms with Crippen molar-refractivity contribution in [2.45, 2.75) is 46.0 Å². The van der Waals surface area contributed by atoms with Gasteiger partial charge in [-0.15, -0.1) is 0 Å². The van der Waals surface area contributed by atoms with Gasteiger partial charge in [-0.1, -0.05) is 88.2 Å². The zero-order valence-corrected chi connectivity index (χ0v) is 14.0. The molecular formula is C22H26. The summed E-state index contributed by atoms with van der Waals surface area (Å²) in [5.74, 6) is 1.21. The first-order valence-electron chi connectivity index (χ1n) is 8.65. The predicted octanol–water partition coefficient (Wildman–Crippen LogP) is 6.32. The minimum absolute atomic E-state index is 0.541. The molecule has 2 unspecified atom stereocenters. The molecule has 1 aliphatic rings. The minimum Gasteiger partial charge on any atom is -0.0651 e. The van der Waals surface area contributed by atoms with E-state index in [0.717, 1.165) is 6.42 Å². The van der Waals surface area contributed by atoms with E-state index in [1.165, 1.54) is 40.7 Å². The quantitative estimate of drug-likeness (QED) is 0.604. The Bertz CT molecular complexity index is 678. The van der Waals surface area contributed by atoms with E-state index in [-0.39, 0.29) is 0 Å². The molecule has 22 heavy (non-hydrogen) atoms. The van der Waals surface area contributed by atoms with Crippen molar-refractivity contribution in [1.29, 1.82) is 0 Å². The maximum Gasteiger partial charge on any atom is 0.0127 e. The largest absolute Gasteiger partial charge is 0.0651 e. The van der Waals surface area contributed by atoms with Crippen molar-refractivity contribution < 1.29 is 0 Å². The van der Waals surface area contributed by atoms with E-state index >= 15 is 0 Å². The molecule has 0 saturated carbocycles. The Balaban J connectivity index is 2.10. The van der Waals surface area contributed by atoms with E-state index in [1.807, 2.05) is 0 Å². The average molecular weight is 290 g/mol. The van der Waals surface area contributed by atoms with Crippen LogP contribution in [-0.2, 0) is 6.42 Å². The average Bonchev–Trinajstić information content (AvgIpc) is 2.94. The van der Waals surface area contributed by atoms with E-state index in [4.69, 9.17) is 0 Å². The van der Waals surface area contributed by atoms with Gasteiger partial charge in [0.05, 0.1) is 0 Å². The van der Waals surface area contributed by atoms with Gasteiger partial charge in [-0.25, -0.2) is 0 Å². The molecule has 0 amide bonds. The molecule has 0 bridgehead atoms. The monoisotopic (exact) mass is 290 g/mol. The molecule has 0 heteroatoms. The van der Waals surface area contributed by atoms with Gasteiger partial charge in [0.1, 0.15) is 0 Å². The SMILES string of the molecule is CCCc1ccccc1C1=Cc2ccccc2C1C(C)CC. The Hall–Kier alpha value is -1.82. The van der Waals surface area contributed by atoms with Crippen molar-refractivity contribution in [2.75, 3.05) is 0 Å². The summed E-state index contributed by atoms with van der Waals surface area (Å²) in [6, 6.07) is 17.9. The van der Waals surface area contributed by atoms with Crippen LogP contribution in [0.4, 0.5) is 0 Å². The van der Waals surface area contributed by atoms with E-state index in [9.17, 15) is 0 Å². The van der Waals surface area contributed by atoms with E-state index in [1.54, 1.807) is 0 Å². The van der Waals surface area contributed by atoms with Gasteiger partial charge in [0.2, 0.25) is 0 Å². The third-order valence-electron chi connectivity index (χ3n) is 5.04. The second-order valence-corrected chi connectivity index (χ2v) is 6.50. The third kappa shape index (κ3) is 2.63. The topological polar surface area (TPSA) is 0 Å². The fourth-order valence-corrected chi connectivity index (χ4v) is 3.73. The maximum absolute atomic E-state index is 2.43. The molecule has 114 valence electrons. The van der Waals surface area contributed by atoms with Crippen LogP contribution in [0.25, 0.3) is 11.6 Å². The molecule has 0 radical (unpaired) electrons. The summed E-state index contributed by atoms with van der Waals surface area (Å²) in [5, 5.41) is 0. The molecule has 0 heterocycles. The highest BCUT2D eigenvalue weighted by atomic mass is 14.3.